The molecule has 0 fully saturated rings. The van der Waals surface area contributed by atoms with Crippen molar-refractivity contribution in [3.05, 3.63) is 77.4 Å². The number of nitrogens with zero attached hydrogens (tertiary/aromatic N) is 4. The van der Waals surface area contributed by atoms with E-state index in [2.05, 4.69) is 15.2 Å². The summed E-state index contributed by atoms with van der Waals surface area (Å²) in [5.41, 5.74) is 4.23. The average Bonchev–Trinajstić information content (AvgIpc) is 3.39. The number of aromatic nitrogens is 4. The van der Waals surface area contributed by atoms with Gasteiger partial charge in [0.05, 0.1) is 24.9 Å². The smallest absolute Gasteiger partial charge is 0.310 e. The molecule has 2 aromatic carbocycles. The molecule has 4 rings (SSSR count). The molecule has 0 saturated carbocycles. The molecule has 0 bridgehead atoms. The molecule has 0 N–H and O–H groups in total. The van der Waals surface area contributed by atoms with Crippen molar-refractivity contribution in [2.45, 2.75) is 26.9 Å². The van der Waals surface area contributed by atoms with Crippen LogP contribution in [0.3, 0.4) is 0 Å². The summed E-state index contributed by atoms with van der Waals surface area (Å²) in [6.07, 6.45) is 0.112. The molecule has 0 atom stereocenters. The molecule has 0 spiro atoms. The summed E-state index contributed by atoms with van der Waals surface area (Å²) in [5, 5.41) is 8.50. The maximum absolute atomic E-state index is 12.4. The number of methoxy groups -OCH3 is 1. The first-order valence-electron chi connectivity index (χ1n) is 9.78. The molecular formula is C23H22N4O4. The van der Waals surface area contributed by atoms with E-state index in [1.165, 1.54) is 0 Å². The Labute approximate surface area is 179 Å². The lowest BCUT2D eigenvalue weighted by atomic mass is 10.1. The highest BCUT2D eigenvalue weighted by atomic mass is 16.6. The highest BCUT2D eigenvalue weighted by Crippen LogP contribution is 2.22. The van der Waals surface area contributed by atoms with E-state index in [0.29, 0.717) is 11.6 Å². The van der Waals surface area contributed by atoms with Crippen LogP contribution in [-0.2, 0) is 22.6 Å². The molecule has 4 aromatic rings. The van der Waals surface area contributed by atoms with E-state index in [4.69, 9.17) is 14.0 Å². The lowest BCUT2D eigenvalue weighted by Crippen LogP contribution is -2.09. The molecule has 0 unspecified atom stereocenters. The van der Waals surface area contributed by atoms with Crippen molar-refractivity contribution in [3.8, 4) is 22.8 Å². The lowest BCUT2D eigenvalue weighted by Gasteiger charge is -2.05. The van der Waals surface area contributed by atoms with E-state index in [1.807, 2.05) is 67.1 Å². The van der Waals surface area contributed by atoms with Gasteiger partial charge in [0.25, 0.3) is 5.89 Å². The Balaban J connectivity index is 1.40. The molecule has 158 valence electrons. The standard InChI is InChI=1S/C23H22N4O4/c1-15-20(16(2)27(25-15)18-9-5-4-6-10-18)13-22(28)30-14-21-24-23(26-31-21)17-8-7-11-19(12-17)29-3/h4-12H,13-14H2,1-3H3. The van der Waals surface area contributed by atoms with Crippen LogP contribution in [0, 0.1) is 13.8 Å². The van der Waals surface area contributed by atoms with Crippen molar-refractivity contribution < 1.29 is 18.8 Å². The summed E-state index contributed by atoms with van der Waals surface area (Å²) in [7, 11) is 1.59. The number of ether oxygens (including phenoxy) is 2. The van der Waals surface area contributed by atoms with Gasteiger partial charge in [-0.2, -0.15) is 10.1 Å². The first-order chi connectivity index (χ1) is 15.0. The summed E-state index contributed by atoms with van der Waals surface area (Å²) in [6, 6.07) is 17.1. The largest absolute Gasteiger partial charge is 0.497 e. The van der Waals surface area contributed by atoms with Gasteiger partial charge in [0.2, 0.25) is 5.82 Å². The molecule has 31 heavy (non-hydrogen) atoms. The zero-order valence-corrected chi connectivity index (χ0v) is 17.5. The van der Waals surface area contributed by atoms with Crippen molar-refractivity contribution in [2.75, 3.05) is 7.11 Å². The van der Waals surface area contributed by atoms with E-state index in [1.54, 1.807) is 13.2 Å². The fraction of sp³-hybridized carbons (Fsp3) is 0.217. The molecule has 0 aliphatic carbocycles. The number of rotatable bonds is 7. The highest BCUT2D eigenvalue weighted by molar-refractivity contribution is 5.73. The first kappa shape index (κ1) is 20.3. The second-order valence-electron chi connectivity index (χ2n) is 6.98. The third-order valence-electron chi connectivity index (χ3n) is 4.92. The normalized spacial score (nSPS) is 10.8. The molecule has 0 radical (unpaired) electrons. The van der Waals surface area contributed by atoms with Crippen LogP contribution in [0.5, 0.6) is 5.75 Å². The van der Waals surface area contributed by atoms with E-state index >= 15 is 0 Å². The molecule has 0 aliphatic rings. The van der Waals surface area contributed by atoms with Crippen LogP contribution < -0.4 is 4.74 Å². The average molecular weight is 418 g/mol. The lowest BCUT2D eigenvalue weighted by molar-refractivity contribution is -0.144. The van der Waals surface area contributed by atoms with Gasteiger partial charge in [-0.1, -0.05) is 35.5 Å². The number of benzene rings is 2. The zero-order valence-electron chi connectivity index (χ0n) is 17.5. The molecule has 2 aromatic heterocycles. The van der Waals surface area contributed by atoms with Gasteiger partial charge in [-0.25, -0.2) is 4.68 Å². The van der Waals surface area contributed by atoms with Crippen LogP contribution >= 0.6 is 0 Å². The Morgan fingerprint density at radius 1 is 1.10 bits per heavy atom. The fourth-order valence-corrected chi connectivity index (χ4v) is 3.28. The minimum absolute atomic E-state index is 0.0965. The number of carbonyl (C=O) groups excluding carboxylic acids is 1. The van der Waals surface area contributed by atoms with Crippen molar-refractivity contribution in [1.29, 1.82) is 0 Å². The third-order valence-corrected chi connectivity index (χ3v) is 4.92. The van der Waals surface area contributed by atoms with Gasteiger partial charge in [0, 0.05) is 16.8 Å². The number of hydrogen-bond donors (Lipinski definition) is 0. The van der Waals surface area contributed by atoms with Crippen LogP contribution in [0.2, 0.25) is 0 Å². The van der Waals surface area contributed by atoms with E-state index < -0.39 is 0 Å². The van der Waals surface area contributed by atoms with Gasteiger partial charge < -0.3 is 14.0 Å². The highest BCUT2D eigenvalue weighted by Gasteiger charge is 2.18. The second kappa shape index (κ2) is 8.83. The molecular weight excluding hydrogens is 396 g/mol. The molecule has 0 amide bonds. The van der Waals surface area contributed by atoms with Gasteiger partial charge in [-0.05, 0) is 38.1 Å². The van der Waals surface area contributed by atoms with Gasteiger partial charge in [-0.15, -0.1) is 0 Å². The maximum atomic E-state index is 12.4. The Morgan fingerprint density at radius 3 is 2.68 bits per heavy atom. The van der Waals surface area contributed by atoms with Gasteiger partial charge in [-0.3, -0.25) is 4.79 Å². The Morgan fingerprint density at radius 2 is 1.90 bits per heavy atom. The monoisotopic (exact) mass is 418 g/mol. The Kier molecular flexibility index (Phi) is 5.79. The summed E-state index contributed by atoms with van der Waals surface area (Å²) in [5.74, 6) is 0.928. The van der Waals surface area contributed by atoms with Crippen LogP contribution in [0.1, 0.15) is 22.8 Å². The second-order valence-corrected chi connectivity index (χ2v) is 6.98. The predicted octanol–water partition coefficient (Wildman–Crippen LogP) is 3.83. The van der Waals surface area contributed by atoms with Crippen LogP contribution in [0.15, 0.2) is 59.1 Å². The number of para-hydroxylation sites is 1. The van der Waals surface area contributed by atoms with Crippen LogP contribution in [0.25, 0.3) is 17.1 Å². The van der Waals surface area contributed by atoms with Gasteiger partial charge >= 0.3 is 5.97 Å². The molecule has 0 saturated heterocycles. The number of esters is 1. The van der Waals surface area contributed by atoms with E-state index in [-0.39, 0.29) is 24.9 Å². The molecule has 2 heterocycles. The van der Waals surface area contributed by atoms with Crippen molar-refractivity contribution in [2.24, 2.45) is 0 Å². The minimum atomic E-state index is -0.389. The molecule has 8 heteroatoms. The summed E-state index contributed by atoms with van der Waals surface area (Å²) < 4.78 is 17.6. The predicted molar refractivity (Wildman–Crippen MR) is 113 cm³/mol. The van der Waals surface area contributed by atoms with E-state index in [0.717, 1.165) is 28.2 Å². The minimum Gasteiger partial charge on any atom is -0.497 e. The summed E-state index contributed by atoms with van der Waals surface area (Å²) >= 11 is 0. The summed E-state index contributed by atoms with van der Waals surface area (Å²) in [6.45, 7) is 3.72. The Bertz CT molecular complexity index is 1200. The number of aryl methyl sites for hydroxylation is 1. The number of hydrogen-bond acceptors (Lipinski definition) is 7. The van der Waals surface area contributed by atoms with Crippen molar-refractivity contribution in [3.63, 3.8) is 0 Å². The fourth-order valence-electron chi connectivity index (χ4n) is 3.28. The van der Waals surface area contributed by atoms with Crippen molar-refractivity contribution >= 4 is 5.97 Å². The van der Waals surface area contributed by atoms with Gasteiger partial charge in [0.1, 0.15) is 5.75 Å². The van der Waals surface area contributed by atoms with E-state index in [9.17, 15) is 4.79 Å². The molecule has 0 aliphatic heterocycles. The zero-order chi connectivity index (χ0) is 21.8. The Hall–Kier alpha value is -3.94. The first-order valence-corrected chi connectivity index (χ1v) is 9.78. The quantitative estimate of drug-likeness (QED) is 0.421. The third kappa shape index (κ3) is 4.48. The van der Waals surface area contributed by atoms with Crippen LogP contribution in [-0.4, -0.2) is 33.0 Å². The maximum Gasteiger partial charge on any atom is 0.310 e. The van der Waals surface area contributed by atoms with Crippen molar-refractivity contribution in [1.82, 2.24) is 19.9 Å². The topological polar surface area (TPSA) is 92.3 Å². The summed E-state index contributed by atoms with van der Waals surface area (Å²) in [4.78, 5) is 16.7. The van der Waals surface area contributed by atoms with Crippen LogP contribution in [0.4, 0.5) is 0 Å². The SMILES string of the molecule is COc1cccc(-c2noc(COC(=O)Cc3c(C)nn(-c4ccccc4)c3C)n2)c1. The van der Waals surface area contributed by atoms with Gasteiger partial charge in [0.15, 0.2) is 6.61 Å². The number of carbonyl (C=O) groups is 1. The molecule has 8 nitrogen and oxygen atoms in total.